The minimum Gasteiger partial charge on any atom is -0.382 e. The van der Waals surface area contributed by atoms with E-state index < -0.39 is 0 Å². The smallest absolute Gasteiger partial charge is 0.146 e. The number of nitrogen functional groups attached to an aromatic ring is 1. The van der Waals surface area contributed by atoms with Crippen molar-refractivity contribution in [3.63, 3.8) is 0 Å². The number of imidazole rings is 1. The van der Waals surface area contributed by atoms with Gasteiger partial charge in [-0.15, -0.1) is 0 Å². The summed E-state index contributed by atoms with van der Waals surface area (Å²) < 4.78 is 2.09. The third kappa shape index (κ3) is 0.690. The van der Waals surface area contributed by atoms with E-state index in [-0.39, 0.29) is 0 Å². The summed E-state index contributed by atoms with van der Waals surface area (Å²) in [6.45, 7) is 2.86. The van der Waals surface area contributed by atoms with Crippen LogP contribution >= 0.6 is 0 Å². The van der Waals surface area contributed by atoms with Crippen molar-refractivity contribution in [2.75, 3.05) is 12.3 Å². The lowest BCUT2D eigenvalue weighted by Crippen LogP contribution is -2.27. The minimum atomic E-state index is 0.659. The Morgan fingerprint density at radius 1 is 1.70 bits per heavy atom. The lowest BCUT2D eigenvalue weighted by atomic mass is 10.3. The van der Waals surface area contributed by atoms with Gasteiger partial charge in [0.25, 0.3) is 0 Å². The first kappa shape index (κ1) is 5.73. The molecule has 2 heterocycles. The highest BCUT2D eigenvalue weighted by Gasteiger charge is 2.10. The number of hydrogen-bond donors (Lipinski definition) is 2. The molecule has 54 valence electrons. The number of fused-ring (bicyclic) bond motifs is 1. The van der Waals surface area contributed by atoms with E-state index in [2.05, 4.69) is 14.9 Å². The number of nitrogens with zero attached hydrogens (tertiary/aromatic N) is 2. The van der Waals surface area contributed by atoms with Gasteiger partial charge in [0.05, 0.1) is 12.0 Å². The Morgan fingerprint density at radius 3 is 3.40 bits per heavy atom. The molecule has 0 bridgehead atoms. The van der Waals surface area contributed by atoms with E-state index in [1.54, 1.807) is 6.33 Å². The molecule has 1 aromatic rings. The van der Waals surface area contributed by atoms with Gasteiger partial charge in [0.1, 0.15) is 5.82 Å². The topological polar surface area (TPSA) is 55.9 Å². The van der Waals surface area contributed by atoms with Crippen molar-refractivity contribution in [2.45, 2.75) is 13.1 Å². The molecule has 4 heteroatoms. The van der Waals surface area contributed by atoms with Gasteiger partial charge in [-0.1, -0.05) is 0 Å². The predicted molar refractivity (Wildman–Crippen MR) is 38.3 cm³/mol. The molecule has 0 fully saturated rings. The number of rotatable bonds is 0. The number of anilines is 1. The van der Waals surface area contributed by atoms with Crippen LogP contribution in [0.4, 0.5) is 5.82 Å². The minimum absolute atomic E-state index is 0.659. The summed E-state index contributed by atoms with van der Waals surface area (Å²) >= 11 is 0. The van der Waals surface area contributed by atoms with Crippen LogP contribution in [0.25, 0.3) is 0 Å². The van der Waals surface area contributed by atoms with Gasteiger partial charge in [0, 0.05) is 19.6 Å². The summed E-state index contributed by atoms with van der Waals surface area (Å²) in [7, 11) is 0. The zero-order valence-corrected chi connectivity index (χ0v) is 5.67. The molecule has 1 aromatic heterocycles. The maximum Gasteiger partial charge on any atom is 0.146 e. The third-order valence-corrected chi connectivity index (χ3v) is 1.80. The molecule has 0 saturated heterocycles. The Bertz CT molecular complexity index is 240. The van der Waals surface area contributed by atoms with Crippen LogP contribution in [-0.2, 0) is 13.1 Å². The molecule has 0 spiro atoms. The highest BCUT2D eigenvalue weighted by atomic mass is 15.1. The van der Waals surface area contributed by atoms with E-state index in [0.29, 0.717) is 5.82 Å². The van der Waals surface area contributed by atoms with Gasteiger partial charge >= 0.3 is 0 Å². The zero-order valence-electron chi connectivity index (χ0n) is 5.67. The zero-order chi connectivity index (χ0) is 6.97. The molecule has 0 atom stereocenters. The normalized spacial score (nSPS) is 16.8. The Labute approximate surface area is 59.0 Å². The SMILES string of the molecule is Nc1ncn2c1CNCC2. The van der Waals surface area contributed by atoms with Crippen molar-refractivity contribution in [1.29, 1.82) is 0 Å². The Morgan fingerprint density at radius 2 is 2.60 bits per heavy atom. The van der Waals surface area contributed by atoms with Gasteiger partial charge in [-0.25, -0.2) is 4.98 Å². The summed E-state index contributed by atoms with van der Waals surface area (Å²) in [4.78, 5) is 4.00. The van der Waals surface area contributed by atoms with Crippen LogP contribution in [-0.4, -0.2) is 16.1 Å². The number of nitrogens with one attached hydrogen (secondary N) is 1. The maximum absolute atomic E-state index is 5.59. The summed E-state index contributed by atoms with van der Waals surface area (Å²) in [5.74, 6) is 0.659. The van der Waals surface area contributed by atoms with Crippen LogP contribution in [0.3, 0.4) is 0 Å². The highest BCUT2D eigenvalue weighted by Crippen LogP contribution is 2.10. The van der Waals surface area contributed by atoms with Gasteiger partial charge in [-0.3, -0.25) is 0 Å². The van der Waals surface area contributed by atoms with E-state index in [0.717, 1.165) is 25.3 Å². The van der Waals surface area contributed by atoms with Gasteiger partial charge in [0.2, 0.25) is 0 Å². The first-order valence-electron chi connectivity index (χ1n) is 3.38. The van der Waals surface area contributed by atoms with Crippen molar-refractivity contribution in [2.24, 2.45) is 0 Å². The van der Waals surface area contributed by atoms with Gasteiger partial charge in [0.15, 0.2) is 0 Å². The molecule has 0 radical (unpaired) electrons. The monoisotopic (exact) mass is 138 g/mol. The van der Waals surface area contributed by atoms with E-state index >= 15 is 0 Å². The van der Waals surface area contributed by atoms with Crippen LogP contribution in [0.15, 0.2) is 6.33 Å². The Balaban J connectivity index is 2.45. The van der Waals surface area contributed by atoms with E-state index in [4.69, 9.17) is 5.73 Å². The lowest BCUT2D eigenvalue weighted by molar-refractivity contribution is 0.517. The van der Waals surface area contributed by atoms with E-state index in [1.807, 2.05) is 0 Å². The van der Waals surface area contributed by atoms with Crippen molar-refractivity contribution in [3.05, 3.63) is 12.0 Å². The second kappa shape index (κ2) is 1.98. The van der Waals surface area contributed by atoms with Gasteiger partial charge in [-0.05, 0) is 0 Å². The van der Waals surface area contributed by atoms with Crippen molar-refractivity contribution in [3.8, 4) is 0 Å². The van der Waals surface area contributed by atoms with E-state index in [9.17, 15) is 0 Å². The first-order valence-corrected chi connectivity index (χ1v) is 3.38. The highest BCUT2D eigenvalue weighted by molar-refractivity contribution is 5.35. The average molecular weight is 138 g/mol. The van der Waals surface area contributed by atoms with Crippen LogP contribution in [0.5, 0.6) is 0 Å². The summed E-state index contributed by atoms with van der Waals surface area (Å²) in [5.41, 5.74) is 6.71. The largest absolute Gasteiger partial charge is 0.382 e. The molecule has 0 aliphatic carbocycles. The van der Waals surface area contributed by atoms with Crippen molar-refractivity contribution >= 4 is 5.82 Å². The molecule has 2 rings (SSSR count). The van der Waals surface area contributed by atoms with Crippen molar-refractivity contribution < 1.29 is 0 Å². The fourth-order valence-corrected chi connectivity index (χ4v) is 1.21. The quantitative estimate of drug-likeness (QED) is 0.511. The number of aromatic nitrogens is 2. The van der Waals surface area contributed by atoms with Crippen LogP contribution in [0.1, 0.15) is 5.69 Å². The van der Waals surface area contributed by atoms with Crippen LogP contribution < -0.4 is 11.1 Å². The van der Waals surface area contributed by atoms with Crippen LogP contribution in [0, 0.1) is 0 Å². The van der Waals surface area contributed by atoms with Crippen molar-refractivity contribution in [1.82, 2.24) is 14.9 Å². The summed E-state index contributed by atoms with van der Waals surface area (Å²) in [5, 5.41) is 3.23. The number of nitrogens with two attached hydrogens (primary N) is 1. The Kier molecular flexibility index (Phi) is 1.14. The molecule has 0 saturated carbocycles. The first-order chi connectivity index (χ1) is 4.88. The third-order valence-electron chi connectivity index (χ3n) is 1.80. The molecule has 0 amide bonds. The summed E-state index contributed by atoms with van der Waals surface area (Å²) in [6.07, 6.45) is 1.80. The molecule has 1 aliphatic rings. The van der Waals surface area contributed by atoms with Gasteiger partial charge in [-0.2, -0.15) is 0 Å². The number of hydrogen-bond acceptors (Lipinski definition) is 3. The molecule has 10 heavy (non-hydrogen) atoms. The summed E-state index contributed by atoms with van der Waals surface area (Å²) in [6, 6.07) is 0. The fraction of sp³-hybridized carbons (Fsp3) is 0.500. The molecular formula is C6H10N4. The van der Waals surface area contributed by atoms with E-state index in [1.165, 1.54) is 0 Å². The standard InChI is InChI=1S/C6H10N4/c7-6-5-3-8-1-2-10(5)4-9-6/h4,8H,1-3,7H2. The predicted octanol–water partition coefficient (Wildman–Crippen LogP) is -0.432. The molecule has 4 nitrogen and oxygen atoms in total. The fourth-order valence-electron chi connectivity index (χ4n) is 1.21. The average Bonchev–Trinajstić information content (AvgIpc) is 2.34. The Hall–Kier alpha value is -1.03. The molecule has 3 N–H and O–H groups in total. The molecular weight excluding hydrogens is 128 g/mol. The molecule has 0 unspecified atom stereocenters. The second-order valence-electron chi connectivity index (χ2n) is 2.45. The lowest BCUT2D eigenvalue weighted by Gasteiger charge is -2.15. The second-order valence-corrected chi connectivity index (χ2v) is 2.45. The molecule has 0 aromatic carbocycles. The molecule has 1 aliphatic heterocycles. The maximum atomic E-state index is 5.59. The van der Waals surface area contributed by atoms with Gasteiger partial charge < -0.3 is 15.6 Å². The van der Waals surface area contributed by atoms with Crippen LogP contribution in [0.2, 0.25) is 0 Å².